The summed E-state index contributed by atoms with van der Waals surface area (Å²) in [6, 6.07) is 21.3. The molecular weight excluding hydrogens is 344 g/mol. The molecule has 3 aromatic carbocycles. The monoisotopic (exact) mass is 362 g/mol. The van der Waals surface area contributed by atoms with Crippen LogP contribution >= 0.6 is 0 Å². The Hall–Kier alpha value is -3.67. The van der Waals surface area contributed by atoms with Gasteiger partial charge in [0.05, 0.1) is 4.92 Å². The van der Waals surface area contributed by atoms with Gasteiger partial charge in [-0.25, -0.2) is 0 Å². The lowest BCUT2D eigenvalue weighted by Crippen LogP contribution is -2.06. The quantitative estimate of drug-likeness (QED) is 0.504. The van der Waals surface area contributed by atoms with E-state index in [2.05, 4.69) is 5.32 Å². The summed E-state index contributed by atoms with van der Waals surface area (Å²) in [4.78, 5) is 21.8. The fourth-order valence-electron chi connectivity index (χ4n) is 2.66. The summed E-state index contributed by atoms with van der Waals surface area (Å²) in [6.45, 7) is 1.80. The molecule has 27 heavy (non-hydrogen) atoms. The molecule has 0 spiro atoms. The van der Waals surface area contributed by atoms with Gasteiger partial charge in [0.25, 0.3) is 5.69 Å². The van der Waals surface area contributed by atoms with E-state index in [1.165, 1.54) is 19.1 Å². The molecule has 0 radical (unpaired) electrons. The molecule has 0 aliphatic rings. The second-order valence-electron chi connectivity index (χ2n) is 5.97. The van der Waals surface area contributed by atoms with Crippen molar-refractivity contribution in [2.45, 2.75) is 13.5 Å². The number of hydrogen-bond donors (Lipinski definition) is 1. The molecule has 3 rings (SSSR count). The van der Waals surface area contributed by atoms with Crippen LogP contribution in [0.4, 0.5) is 11.4 Å². The first-order valence-electron chi connectivity index (χ1n) is 8.36. The lowest BCUT2D eigenvalue weighted by atomic mass is 10.0. The molecule has 0 atom stereocenters. The normalized spacial score (nSPS) is 10.3. The minimum absolute atomic E-state index is 0.0281. The molecule has 0 bridgehead atoms. The van der Waals surface area contributed by atoms with Gasteiger partial charge in [0, 0.05) is 36.4 Å². The van der Waals surface area contributed by atoms with Crippen molar-refractivity contribution in [3.63, 3.8) is 0 Å². The number of hydrogen-bond acceptors (Lipinski definition) is 4. The molecule has 1 N–H and O–H groups in total. The Morgan fingerprint density at radius 3 is 2.37 bits per heavy atom. The fourth-order valence-corrected chi connectivity index (χ4v) is 2.66. The molecule has 6 nitrogen and oxygen atoms in total. The van der Waals surface area contributed by atoms with Crippen molar-refractivity contribution >= 4 is 17.3 Å². The molecule has 3 aromatic rings. The second kappa shape index (κ2) is 8.14. The Morgan fingerprint density at radius 1 is 1.04 bits per heavy atom. The maximum atomic E-state index is 11.3. The molecule has 6 heteroatoms. The zero-order valence-corrected chi connectivity index (χ0v) is 14.7. The number of nitrogens with zero attached hydrogens (tertiary/aromatic N) is 1. The van der Waals surface area contributed by atoms with Crippen molar-refractivity contribution in [2.24, 2.45) is 0 Å². The Labute approximate surface area is 156 Å². The van der Waals surface area contributed by atoms with Crippen molar-refractivity contribution in [3.8, 4) is 16.9 Å². The number of amides is 1. The molecule has 0 unspecified atom stereocenters. The van der Waals surface area contributed by atoms with Gasteiger partial charge in [-0.2, -0.15) is 0 Å². The number of anilines is 1. The summed E-state index contributed by atoms with van der Waals surface area (Å²) >= 11 is 0. The fraction of sp³-hybridized carbons (Fsp3) is 0.0952. The minimum Gasteiger partial charge on any atom is -0.488 e. The number of ether oxygens (including phenoxy) is 1. The lowest BCUT2D eigenvalue weighted by Gasteiger charge is -2.14. The summed E-state index contributed by atoms with van der Waals surface area (Å²) in [7, 11) is 0. The van der Waals surface area contributed by atoms with Crippen LogP contribution < -0.4 is 10.1 Å². The standard InChI is InChI=1S/C21H18N2O4/c1-15(24)22-18-9-12-20(17-7-10-19(11-8-17)23(25)26)21(13-18)27-14-16-5-3-2-4-6-16/h2-13H,14H2,1H3,(H,22,24). The van der Waals surface area contributed by atoms with Crippen LogP contribution in [0.5, 0.6) is 5.75 Å². The number of nitro benzene ring substituents is 1. The number of nitro groups is 1. The summed E-state index contributed by atoms with van der Waals surface area (Å²) in [5, 5.41) is 13.6. The van der Waals surface area contributed by atoms with E-state index in [-0.39, 0.29) is 11.6 Å². The third-order valence-electron chi connectivity index (χ3n) is 3.93. The van der Waals surface area contributed by atoms with Crippen LogP contribution in [-0.2, 0) is 11.4 Å². The average molecular weight is 362 g/mol. The van der Waals surface area contributed by atoms with E-state index < -0.39 is 4.92 Å². The van der Waals surface area contributed by atoms with Crippen LogP contribution in [0.3, 0.4) is 0 Å². The Balaban J connectivity index is 1.93. The first-order valence-corrected chi connectivity index (χ1v) is 8.36. The van der Waals surface area contributed by atoms with Crippen molar-refractivity contribution in [3.05, 3.63) is 88.5 Å². The Kier molecular flexibility index (Phi) is 5.47. The maximum absolute atomic E-state index is 11.3. The van der Waals surface area contributed by atoms with Gasteiger partial charge in [-0.1, -0.05) is 30.3 Å². The van der Waals surface area contributed by atoms with Crippen LogP contribution in [0.2, 0.25) is 0 Å². The predicted octanol–water partition coefficient (Wildman–Crippen LogP) is 4.80. The molecule has 0 heterocycles. The highest BCUT2D eigenvalue weighted by molar-refractivity contribution is 5.89. The maximum Gasteiger partial charge on any atom is 0.269 e. The molecule has 1 amide bonds. The smallest absolute Gasteiger partial charge is 0.269 e. The number of carbonyl (C=O) groups excluding carboxylic acids is 1. The van der Waals surface area contributed by atoms with Crippen molar-refractivity contribution in [1.29, 1.82) is 0 Å². The zero-order chi connectivity index (χ0) is 19.2. The van der Waals surface area contributed by atoms with Crippen LogP contribution in [0.25, 0.3) is 11.1 Å². The molecule has 0 aliphatic heterocycles. The number of nitrogens with one attached hydrogen (secondary N) is 1. The largest absolute Gasteiger partial charge is 0.488 e. The zero-order valence-electron chi connectivity index (χ0n) is 14.7. The molecule has 0 saturated carbocycles. The van der Waals surface area contributed by atoms with Gasteiger partial charge in [0.2, 0.25) is 5.91 Å². The molecular formula is C21H18N2O4. The van der Waals surface area contributed by atoms with Crippen molar-refractivity contribution in [1.82, 2.24) is 0 Å². The summed E-state index contributed by atoms with van der Waals surface area (Å²) < 4.78 is 5.99. The van der Waals surface area contributed by atoms with Gasteiger partial charge < -0.3 is 10.1 Å². The third kappa shape index (κ3) is 4.70. The van der Waals surface area contributed by atoms with E-state index in [9.17, 15) is 14.9 Å². The van der Waals surface area contributed by atoms with Gasteiger partial charge in [0.1, 0.15) is 12.4 Å². The predicted molar refractivity (Wildman–Crippen MR) is 104 cm³/mol. The van der Waals surface area contributed by atoms with Gasteiger partial charge in [-0.05, 0) is 35.4 Å². The Morgan fingerprint density at radius 2 is 1.74 bits per heavy atom. The van der Waals surface area contributed by atoms with Gasteiger partial charge in [-0.3, -0.25) is 14.9 Å². The minimum atomic E-state index is -0.434. The SMILES string of the molecule is CC(=O)Nc1ccc(-c2ccc([N+](=O)[O-])cc2)c(OCc2ccccc2)c1. The summed E-state index contributed by atoms with van der Waals surface area (Å²) in [5.74, 6) is 0.408. The van der Waals surface area contributed by atoms with E-state index in [1.807, 2.05) is 36.4 Å². The second-order valence-corrected chi connectivity index (χ2v) is 5.97. The molecule has 0 saturated heterocycles. The highest BCUT2D eigenvalue weighted by Crippen LogP contribution is 2.34. The number of non-ortho nitro benzene ring substituents is 1. The molecule has 0 fully saturated rings. The van der Waals surface area contributed by atoms with Crippen molar-refractivity contribution < 1.29 is 14.5 Å². The van der Waals surface area contributed by atoms with E-state index in [1.54, 1.807) is 24.3 Å². The van der Waals surface area contributed by atoms with Gasteiger partial charge >= 0.3 is 0 Å². The number of carbonyl (C=O) groups is 1. The van der Waals surface area contributed by atoms with Gasteiger partial charge in [-0.15, -0.1) is 0 Å². The first kappa shape index (κ1) is 18.1. The topological polar surface area (TPSA) is 81.5 Å². The number of benzene rings is 3. The highest BCUT2D eigenvalue weighted by Gasteiger charge is 2.11. The van der Waals surface area contributed by atoms with Gasteiger partial charge in [0.15, 0.2) is 0 Å². The van der Waals surface area contributed by atoms with Crippen LogP contribution in [0.1, 0.15) is 12.5 Å². The van der Waals surface area contributed by atoms with Crippen LogP contribution in [-0.4, -0.2) is 10.8 Å². The van der Waals surface area contributed by atoms with E-state index in [0.717, 1.165) is 16.7 Å². The van der Waals surface area contributed by atoms with Crippen molar-refractivity contribution in [2.75, 3.05) is 5.32 Å². The van der Waals surface area contributed by atoms with E-state index in [0.29, 0.717) is 18.0 Å². The number of rotatable bonds is 6. The summed E-state index contributed by atoms with van der Waals surface area (Å²) in [5.41, 5.74) is 3.24. The molecule has 136 valence electrons. The Bertz CT molecular complexity index is 954. The summed E-state index contributed by atoms with van der Waals surface area (Å²) in [6.07, 6.45) is 0. The van der Waals surface area contributed by atoms with Crippen LogP contribution in [0.15, 0.2) is 72.8 Å². The molecule has 0 aliphatic carbocycles. The van der Waals surface area contributed by atoms with E-state index >= 15 is 0 Å². The lowest BCUT2D eigenvalue weighted by molar-refractivity contribution is -0.384. The average Bonchev–Trinajstić information content (AvgIpc) is 2.67. The van der Waals surface area contributed by atoms with Crippen LogP contribution in [0, 0.1) is 10.1 Å². The third-order valence-corrected chi connectivity index (χ3v) is 3.93. The van der Waals surface area contributed by atoms with E-state index in [4.69, 9.17) is 4.74 Å². The first-order chi connectivity index (χ1) is 13.0. The molecule has 0 aromatic heterocycles. The highest BCUT2D eigenvalue weighted by atomic mass is 16.6.